The summed E-state index contributed by atoms with van der Waals surface area (Å²) in [6.45, 7) is 0. The van der Waals surface area contributed by atoms with Crippen molar-refractivity contribution in [2.24, 2.45) is 0 Å². The number of hydrogen-bond acceptors (Lipinski definition) is 6. The second-order valence-electron chi connectivity index (χ2n) is 2.66. The average Bonchev–Trinajstić information content (AvgIpc) is 2.16. The molecule has 0 aromatic heterocycles. The summed E-state index contributed by atoms with van der Waals surface area (Å²) in [5.74, 6) is -5.04. The topological polar surface area (TPSA) is 120 Å². The molecule has 83 valence electrons. The SMILES string of the molecule is O=C([O-])c1cc(C(=O)[O-])cc(C(=O)[O-])c1.[Fe+3]. The van der Waals surface area contributed by atoms with E-state index in [0.717, 1.165) is 18.2 Å². The molecule has 0 amide bonds. The van der Waals surface area contributed by atoms with Gasteiger partial charge in [-0.05, 0) is 34.9 Å². The maximum Gasteiger partial charge on any atom is 3.00 e. The molecule has 0 aliphatic rings. The van der Waals surface area contributed by atoms with E-state index in [1.807, 2.05) is 0 Å². The summed E-state index contributed by atoms with van der Waals surface area (Å²) in [4.78, 5) is 31.2. The van der Waals surface area contributed by atoms with E-state index in [1.54, 1.807) is 0 Å². The largest absolute Gasteiger partial charge is 3.00 e. The number of aromatic carboxylic acids is 3. The molecule has 1 aromatic rings. The Bertz CT molecular complexity index is 374. The molecule has 1 rings (SSSR count). The van der Waals surface area contributed by atoms with Crippen molar-refractivity contribution in [2.45, 2.75) is 0 Å². The smallest absolute Gasteiger partial charge is 0.545 e. The van der Waals surface area contributed by atoms with Crippen molar-refractivity contribution in [2.75, 3.05) is 0 Å². The van der Waals surface area contributed by atoms with E-state index in [4.69, 9.17) is 0 Å². The Morgan fingerprint density at radius 2 is 0.875 bits per heavy atom. The normalized spacial score (nSPS) is 9.00. The molecule has 0 heterocycles. The first-order valence-corrected chi connectivity index (χ1v) is 3.71. The molecule has 6 nitrogen and oxygen atoms in total. The molecule has 0 spiro atoms. The third-order valence-electron chi connectivity index (χ3n) is 1.64. The van der Waals surface area contributed by atoms with Gasteiger partial charge in [-0.15, -0.1) is 0 Å². The number of benzene rings is 1. The van der Waals surface area contributed by atoms with E-state index >= 15 is 0 Å². The Labute approximate surface area is 100.0 Å². The van der Waals surface area contributed by atoms with Crippen LogP contribution in [0.4, 0.5) is 0 Å². The van der Waals surface area contributed by atoms with Crippen LogP contribution >= 0.6 is 0 Å². The molecule has 0 unspecified atom stereocenters. The molecule has 0 saturated carbocycles. The second-order valence-corrected chi connectivity index (χ2v) is 2.66. The second kappa shape index (κ2) is 5.29. The Morgan fingerprint density at radius 1 is 0.688 bits per heavy atom. The monoisotopic (exact) mass is 263 g/mol. The van der Waals surface area contributed by atoms with Gasteiger partial charge in [0.1, 0.15) is 0 Å². The molecular formula is C9H3FeO6. The van der Waals surface area contributed by atoms with Gasteiger partial charge in [0.05, 0.1) is 17.9 Å². The van der Waals surface area contributed by atoms with E-state index in [2.05, 4.69) is 0 Å². The molecule has 0 fully saturated rings. The maximum absolute atomic E-state index is 10.4. The number of carboxylic acids is 3. The van der Waals surface area contributed by atoms with Gasteiger partial charge in [-0.2, -0.15) is 0 Å². The molecule has 0 N–H and O–H groups in total. The van der Waals surface area contributed by atoms with Gasteiger partial charge in [0.25, 0.3) is 0 Å². The van der Waals surface area contributed by atoms with Gasteiger partial charge in [-0.25, -0.2) is 0 Å². The summed E-state index contributed by atoms with van der Waals surface area (Å²) in [7, 11) is 0. The van der Waals surface area contributed by atoms with Crippen LogP contribution in [0.2, 0.25) is 0 Å². The van der Waals surface area contributed by atoms with Crippen LogP contribution in [0.1, 0.15) is 31.1 Å². The van der Waals surface area contributed by atoms with Crippen molar-refractivity contribution >= 4 is 17.9 Å². The molecule has 7 heteroatoms. The van der Waals surface area contributed by atoms with Crippen molar-refractivity contribution in [3.63, 3.8) is 0 Å². The van der Waals surface area contributed by atoms with Crippen LogP contribution < -0.4 is 15.3 Å². The van der Waals surface area contributed by atoms with E-state index in [-0.39, 0.29) is 17.1 Å². The number of carbonyl (C=O) groups is 3. The minimum absolute atomic E-state index is 0. The van der Waals surface area contributed by atoms with Crippen molar-refractivity contribution in [1.29, 1.82) is 0 Å². The first kappa shape index (κ1) is 14.1. The summed E-state index contributed by atoms with van der Waals surface area (Å²) in [6, 6.07) is 2.24. The predicted molar refractivity (Wildman–Crippen MR) is 39.4 cm³/mol. The minimum Gasteiger partial charge on any atom is -0.545 e. The van der Waals surface area contributed by atoms with Crippen LogP contribution in [-0.2, 0) is 17.1 Å². The number of carbonyl (C=O) groups excluding carboxylic acids is 3. The Morgan fingerprint density at radius 3 is 1.00 bits per heavy atom. The summed E-state index contributed by atoms with van der Waals surface area (Å²) >= 11 is 0. The van der Waals surface area contributed by atoms with Crippen LogP contribution in [0, 0.1) is 0 Å². The Kier molecular flexibility index (Phi) is 4.68. The summed E-state index contributed by atoms with van der Waals surface area (Å²) in [5, 5.41) is 31.2. The first-order valence-electron chi connectivity index (χ1n) is 3.71. The van der Waals surface area contributed by atoms with Gasteiger partial charge in [0.15, 0.2) is 0 Å². The van der Waals surface area contributed by atoms with E-state index in [0.29, 0.717) is 0 Å². The number of hydrogen-bond donors (Lipinski definition) is 0. The minimum atomic E-state index is -1.68. The zero-order valence-corrected chi connectivity index (χ0v) is 8.64. The molecule has 1 aromatic carbocycles. The third-order valence-corrected chi connectivity index (χ3v) is 1.64. The fourth-order valence-electron chi connectivity index (χ4n) is 0.981. The molecular weight excluding hydrogens is 260 g/mol. The zero-order valence-electron chi connectivity index (χ0n) is 7.54. The Balaban J connectivity index is 0.00000225. The molecule has 0 bridgehead atoms. The van der Waals surface area contributed by atoms with Crippen LogP contribution in [0.3, 0.4) is 0 Å². The van der Waals surface area contributed by atoms with Gasteiger partial charge >= 0.3 is 17.1 Å². The summed E-state index contributed by atoms with van der Waals surface area (Å²) < 4.78 is 0. The standard InChI is InChI=1S/C9H6O6.Fe/c10-7(11)4-1-5(8(12)13)3-6(2-4)9(14)15;/h1-3H,(H,10,11)(H,12,13)(H,14,15);/q;+3/p-3. The Hall–Kier alpha value is -1.85. The van der Waals surface area contributed by atoms with Crippen molar-refractivity contribution in [1.82, 2.24) is 0 Å². The summed E-state index contributed by atoms with van der Waals surface area (Å²) in [6.07, 6.45) is 0. The van der Waals surface area contributed by atoms with Gasteiger partial charge < -0.3 is 29.7 Å². The molecule has 0 saturated heterocycles. The molecule has 1 radical (unpaired) electrons. The van der Waals surface area contributed by atoms with Crippen molar-refractivity contribution < 1.29 is 46.8 Å². The zero-order chi connectivity index (χ0) is 11.6. The van der Waals surface area contributed by atoms with Gasteiger partial charge in [-0.1, -0.05) is 0 Å². The van der Waals surface area contributed by atoms with Gasteiger partial charge in [-0.3, -0.25) is 0 Å². The first-order chi connectivity index (χ1) is 6.91. The van der Waals surface area contributed by atoms with E-state index < -0.39 is 34.6 Å². The number of carboxylic acid groups (broad SMARTS) is 3. The van der Waals surface area contributed by atoms with Crippen molar-refractivity contribution in [3.8, 4) is 0 Å². The van der Waals surface area contributed by atoms with Crippen LogP contribution in [-0.4, -0.2) is 17.9 Å². The maximum atomic E-state index is 10.4. The van der Waals surface area contributed by atoms with Crippen LogP contribution in [0.15, 0.2) is 18.2 Å². The van der Waals surface area contributed by atoms with Crippen LogP contribution in [0.25, 0.3) is 0 Å². The fourth-order valence-corrected chi connectivity index (χ4v) is 0.981. The molecule has 16 heavy (non-hydrogen) atoms. The molecule has 0 aliphatic carbocycles. The van der Waals surface area contributed by atoms with Gasteiger partial charge in [0.2, 0.25) is 0 Å². The number of rotatable bonds is 3. The van der Waals surface area contributed by atoms with Gasteiger partial charge in [0, 0.05) is 0 Å². The molecule has 0 aliphatic heterocycles. The van der Waals surface area contributed by atoms with E-state index in [1.165, 1.54) is 0 Å². The quantitative estimate of drug-likeness (QED) is 0.529. The third kappa shape index (κ3) is 3.08. The van der Waals surface area contributed by atoms with E-state index in [9.17, 15) is 29.7 Å². The summed E-state index contributed by atoms with van der Waals surface area (Å²) in [5.41, 5.74) is -1.68. The molecule has 0 atom stereocenters. The predicted octanol–water partition coefficient (Wildman–Crippen LogP) is -3.23. The average molecular weight is 263 g/mol. The fraction of sp³-hybridized carbons (Fsp3) is 0. The van der Waals surface area contributed by atoms with Crippen LogP contribution in [0.5, 0.6) is 0 Å². The van der Waals surface area contributed by atoms with Crippen molar-refractivity contribution in [3.05, 3.63) is 34.9 Å².